The van der Waals surface area contributed by atoms with Gasteiger partial charge in [-0.25, -0.2) is 4.68 Å². The number of nitrogens with zero attached hydrogens (tertiary/aromatic N) is 1. The zero-order chi connectivity index (χ0) is 25.7. The van der Waals surface area contributed by atoms with Gasteiger partial charge in [0, 0.05) is 21.2 Å². The summed E-state index contributed by atoms with van der Waals surface area (Å²) >= 11 is 3.43. The largest absolute Gasteiger partial charge is 0.328 e. The highest BCUT2D eigenvalue weighted by Crippen LogP contribution is 2.24. The molecule has 1 heterocycles. The number of halogens is 1. The first kappa shape index (κ1) is 25.2. The number of aryl methyl sites for hydroxylation is 2. The summed E-state index contributed by atoms with van der Waals surface area (Å²) in [5.41, 5.74) is 6.67. The van der Waals surface area contributed by atoms with Crippen molar-refractivity contribution in [2.24, 2.45) is 0 Å². The molecular formula is C28H27BrN4O3. The molecule has 3 aromatic carbocycles. The summed E-state index contributed by atoms with van der Waals surface area (Å²) in [6.45, 7) is 4.07. The van der Waals surface area contributed by atoms with E-state index in [1.165, 1.54) is 10.2 Å². The van der Waals surface area contributed by atoms with Crippen LogP contribution in [0.15, 0.2) is 77.3 Å². The van der Waals surface area contributed by atoms with Gasteiger partial charge in [-0.05, 0) is 79.4 Å². The maximum atomic E-state index is 13.2. The van der Waals surface area contributed by atoms with Crippen LogP contribution in [0.2, 0.25) is 0 Å². The SMILES string of the molecule is CCCCc1ccc(NC(=O)C(=O)Nn2c(C(=O)Nc3cccc(C)c3)cc3cc(Br)ccc32)cc1. The minimum Gasteiger partial charge on any atom is -0.321 e. The quantitative estimate of drug-likeness (QED) is 0.247. The van der Waals surface area contributed by atoms with Gasteiger partial charge in [0.15, 0.2) is 0 Å². The molecule has 1 aromatic heterocycles. The number of carbonyl (C=O) groups excluding carboxylic acids is 3. The summed E-state index contributed by atoms with van der Waals surface area (Å²) in [5.74, 6) is -2.15. The molecule has 0 radical (unpaired) electrons. The van der Waals surface area contributed by atoms with Gasteiger partial charge in [-0.2, -0.15) is 0 Å². The maximum absolute atomic E-state index is 13.2. The number of aromatic nitrogens is 1. The van der Waals surface area contributed by atoms with E-state index in [0.29, 0.717) is 16.9 Å². The van der Waals surface area contributed by atoms with E-state index < -0.39 is 17.7 Å². The maximum Gasteiger partial charge on any atom is 0.328 e. The molecule has 4 rings (SSSR count). The normalized spacial score (nSPS) is 10.8. The van der Waals surface area contributed by atoms with Crippen LogP contribution in [0.3, 0.4) is 0 Å². The van der Waals surface area contributed by atoms with Gasteiger partial charge in [-0.15, -0.1) is 0 Å². The summed E-state index contributed by atoms with van der Waals surface area (Å²) in [7, 11) is 0. The van der Waals surface area contributed by atoms with Crippen molar-refractivity contribution in [3.8, 4) is 0 Å². The van der Waals surface area contributed by atoms with Gasteiger partial charge in [-0.3, -0.25) is 19.8 Å². The second-order valence-corrected chi connectivity index (χ2v) is 9.50. The second-order valence-electron chi connectivity index (χ2n) is 8.59. The average molecular weight is 547 g/mol. The molecule has 0 bridgehead atoms. The Hall–Kier alpha value is -3.91. The predicted octanol–water partition coefficient (Wildman–Crippen LogP) is 6.02. The van der Waals surface area contributed by atoms with Crippen LogP contribution in [0.5, 0.6) is 0 Å². The van der Waals surface area contributed by atoms with Crippen LogP contribution in [0.1, 0.15) is 41.4 Å². The third-order valence-corrected chi connectivity index (χ3v) is 6.22. The first-order valence-electron chi connectivity index (χ1n) is 11.7. The Morgan fingerprint density at radius 3 is 2.36 bits per heavy atom. The Bertz CT molecular complexity index is 1430. The van der Waals surface area contributed by atoms with Crippen molar-refractivity contribution < 1.29 is 14.4 Å². The van der Waals surface area contributed by atoms with Crippen LogP contribution in [0.4, 0.5) is 11.4 Å². The molecule has 4 aromatic rings. The molecule has 3 amide bonds. The van der Waals surface area contributed by atoms with E-state index in [4.69, 9.17) is 0 Å². The molecule has 0 unspecified atom stereocenters. The summed E-state index contributed by atoms with van der Waals surface area (Å²) in [5, 5.41) is 6.19. The lowest BCUT2D eigenvalue weighted by atomic mass is 10.1. The number of hydrogen-bond donors (Lipinski definition) is 3. The molecule has 36 heavy (non-hydrogen) atoms. The Morgan fingerprint density at radius 2 is 1.64 bits per heavy atom. The zero-order valence-corrected chi connectivity index (χ0v) is 21.7. The highest BCUT2D eigenvalue weighted by Gasteiger charge is 2.21. The van der Waals surface area contributed by atoms with Gasteiger partial charge in [0.25, 0.3) is 5.91 Å². The minimum atomic E-state index is -0.893. The molecule has 0 atom stereocenters. The molecule has 8 heteroatoms. The number of carbonyl (C=O) groups is 3. The molecule has 7 nitrogen and oxygen atoms in total. The van der Waals surface area contributed by atoms with Crippen LogP contribution in [-0.4, -0.2) is 22.4 Å². The third kappa shape index (κ3) is 6.01. The van der Waals surface area contributed by atoms with Crippen molar-refractivity contribution in [3.05, 3.63) is 94.1 Å². The standard InChI is InChI=1S/C28H27BrN4O3/c1-3-4-7-19-9-12-22(13-10-19)30-27(35)28(36)32-33-24-14-11-21(29)16-20(24)17-25(33)26(34)31-23-8-5-6-18(2)15-23/h5-6,8-17H,3-4,7H2,1-2H3,(H,30,35)(H,31,34)(H,32,36). The monoisotopic (exact) mass is 546 g/mol. The number of amides is 3. The van der Waals surface area contributed by atoms with Gasteiger partial charge in [-0.1, -0.05) is 53.5 Å². The predicted molar refractivity (Wildman–Crippen MR) is 147 cm³/mol. The highest BCUT2D eigenvalue weighted by atomic mass is 79.9. The molecule has 0 fully saturated rings. The fraction of sp³-hybridized carbons (Fsp3) is 0.179. The number of benzene rings is 3. The second kappa shape index (κ2) is 11.2. The molecule has 0 spiro atoms. The fourth-order valence-electron chi connectivity index (χ4n) is 3.87. The smallest absolute Gasteiger partial charge is 0.321 e. The third-order valence-electron chi connectivity index (χ3n) is 5.72. The van der Waals surface area contributed by atoms with E-state index in [1.807, 2.05) is 43.3 Å². The fourth-order valence-corrected chi connectivity index (χ4v) is 4.25. The average Bonchev–Trinajstić information content (AvgIpc) is 3.21. The number of anilines is 2. The molecule has 0 aliphatic heterocycles. The minimum absolute atomic E-state index is 0.186. The molecule has 0 aliphatic carbocycles. The summed E-state index contributed by atoms with van der Waals surface area (Å²) < 4.78 is 2.16. The van der Waals surface area contributed by atoms with Crippen LogP contribution in [-0.2, 0) is 16.0 Å². The van der Waals surface area contributed by atoms with Gasteiger partial charge in [0.05, 0.1) is 5.52 Å². The van der Waals surface area contributed by atoms with Gasteiger partial charge >= 0.3 is 11.8 Å². The van der Waals surface area contributed by atoms with Gasteiger partial charge in [0.2, 0.25) is 0 Å². The lowest BCUT2D eigenvalue weighted by molar-refractivity contribution is -0.133. The lowest BCUT2D eigenvalue weighted by Gasteiger charge is -2.13. The van der Waals surface area contributed by atoms with Crippen LogP contribution >= 0.6 is 15.9 Å². The first-order valence-corrected chi connectivity index (χ1v) is 12.5. The Labute approximate surface area is 218 Å². The topological polar surface area (TPSA) is 92.2 Å². The Balaban J connectivity index is 1.55. The number of nitrogens with one attached hydrogen (secondary N) is 3. The van der Waals surface area contributed by atoms with Crippen molar-refractivity contribution in [3.63, 3.8) is 0 Å². The number of hydrogen-bond acceptors (Lipinski definition) is 3. The number of unbranched alkanes of at least 4 members (excludes halogenated alkanes) is 1. The Morgan fingerprint density at radius 1 is 0.861 bits per heavy atom. The van der Waals surface area contributed by atoms with Crippen molar-refractivity contribution in [2.45, 2.75) is 33.1 Å². The van der Waals surface area contributed by atoms with Gasteiger partial charge < -0.3 is 10.6 Å². The number of rotatable bonds is 7. The van der Waals surface area contributed by atoms with Crippen molar-refractivity contribution in [1.29, 1.82) is 0 Å². The van der Waals surface area contributed by atoms with Crippen LogP contribution in [0, 0.1) is 6.92 Å². The van der Waals surface area contributed by atoms with Crippen molar-refractivity contribution >= 4 is 55.9 Å². The van der Waals surface area contributed by atoms with Crippen LogP contribution < -0.4 is 16.1 Å². The van der Waals surface area contributed by atoms with E-state index in [1.54, 1.807) is 36.4 Å². The van der Waals surface area contributed by atoms with Crippen LogP contribution in [0.25, 0.3) is 10.9 Å². The first-order chi connectivity index (χ1) is 17.3. The van der Waals surface area contributed by atoms with E-state index in [9.17, 15) is 14.4 Å². The summed E-state index contributed by atoms with van der Waals surface area (Å²) in [6.07, 6.45) is 3.17. The molecule has 0 aliphatic rings. The van der Waals surface area contributed by atoms with Gasteiger partial charge in [0.1, 0.15) is 5.69 Å². The molecule has 0 saturated carbocycles. The van der Waals surface area contributed by atoms with Crippen molar-refractivity contribution in [2.75, 3.05) is 16.1 Å². The summed E-state index contributed by atoms with van der Waals surface area (Å²) in [4.78, 5) is 38.6. The van der Waals surface area contributed by atoms with E-state index in [2.05, 4.69) is 38.9 Å². The van der Waals surface area contributed by atoms with E-state index >= 15 is 0 Å². The highest BCUT2D eigenvalue weighted by molar-refractivity contribution is 9.10. The van der Waals surface area contributed by atoms with E-state index in [-0.39, 0.29) is 5.69 Å². The summed E-state index contributed by atoms with van der Waals surface area (Å²) in [6, 6.07) is 21.9. The Kier molecular flexibility index (Phi) is 7.85. The van der Waals surface area contributed by atoms with Crippen molar-refractivity contribution in [1.82, 2.24) is 4.68 Å². The molecule has 184 valence electrons. The van der Waals surface area contributed by atoms with E-state index in [0.717, 1.165) is 34.7 Å². The number of fused-ring (bicyclic) bond motifs is 1. The molecular weight excluding hydrogens is 520 g/mol. The zero-order valence-electron chi connectivity index (χ0n) is 20.1. The molecule has 3 N–H and O–H groups in total. The lowest BCUT2D eigenvalue weighted by Crippen LogP contribution is -2.36. The molecule has 0 saturated heterocycles.